The SMILES string of the molecule is O=C(c1cc(C(=O)c2ccc3ccccc3c2)cc(C(=O)c2ccc3ccccc3c2)c1)c1ccc2ccccc2c1. The van der Waals surface area contributed by atoms with E-state index in [2.05, 4.69) is 0 Å². The fraction of sp³-hybridized carbons (Fsp3) is 0. The molecule has 0 spiro atoms. The second-order valence-electron chi connectivity index (χ2n) is 10.5. The standard InChI is InChI=1S/C39H24O3/c40-37(31-16-13-25-7-1-4-10-28(25)19-31)34-22-35(38(41)32-17-14-26-8-2-5-11-29(26)20-32)24-36(23-34)39(42)33-18-15-27-9-3-6-12-30(27)21-33/h1-24H. The second-order valence-corrected chi connectivity index (χ2v) is 10.5. The number of ketones is 3. The van der Waals surface area contributed by atoms with Crippen molar-refractivity contribution >= 4 is 49.7 Å². The third-order valence-electron chi connectivity index (χ3n) is 7.75. The Morgan fingerprint density at radius 3 is 0.810 bits per heavy atom. The van der Waals surface area contributed by atoms with Crippen molar-refractivity contribution in [2.45, 2.75) is 0 Å². The molecule has 0 aliphatic carbocycles. The van der Waals surface area contributed by atoms with Gasteiger partial charge in [-0.1, -0.05) is 109 Å². The van der Waals surface area contributed by atoms with Gasteiger partial charge in [0.1, 0.15) is 0 Å². The minimum absolute atomic E-state index is 0.249. The van der Waals surface area contributed by atoms with Crippen LogP contribution in [0, 0.1) is 0 Å². The first-order valence-corrected chi connectivity index (χ1v) is 13.8. The van der Waals surface area contributed by atoms with Gasteiger partial charge >= 0.3 is 0 Å². The molecule has 3 heteroatoms. The first-order chi connectivity index (χ1) is 20.5. The number of carbonyl (C=O) groups excluding carboxylic acids is 3. The van der Waals surface area contributed by atoms with Crippen molar-refractivity contribution in [3.63, 3.8) is 0 Å². The van der Waals surface area contributed by atoms with Crippen molar-refractivity contribution in [1.82, 2.24) is 0 Å². The Morgan fingerprint density at radius 2 is 0.524 bits per heavy atom. The Bertz CT molecular complexity index is 1940. The van der Waals surface area contributed by atoms with E-state index in [0.717, 1.165) is 32.3 Å². The van der Waals surface area contributed by atoms with Crippen molar-refractivity contribution in [3.8, 4) is 0 Å². The topological polar surface area (TPSA) is 51.2 Å². The highest BCUT2D eigenvalue weighted by Crippen LogP contribution is 2.25. The molecule has 0 aromatic heterocycles. The molecule has 0 saturated carbocycles. The third-order valence-corrected chi connectivity index (χ3v) is 7.75. The maximum absolute atomic E-state index is 13.8. The zero-order valence-corrected chi connectivity index (χ0v) is 22.6. The molecule has 0 radical (unpaired) electrons. The molecule has 7 aromatic carbocycles. The first kappa shape index (κ1) is 25.3. The van der Waals surface area contributed by atoms with Crippen molar-refractivity contribution in [1.29, 1.82) is 0 Å². The van der Waals surface area contributed by atoms with E-state index >= 15 is 0 Å². The van der Waals surface area contributed by atoms with Gasteiger partial charge in [0, 0.05) is 33.4 Å². The lowest BCUT2D eigenvalue weighted by molar-refractivity contribution is 0.103. The van der Waals surface area contributed by atoms with Gasteiger partial charge in [-0.05, 0) is 68.7 Å². The van der Waals surface area contributed by atoms with Gasteiger partial charge in [0.15, 0.2) is 17.3 Å². The van der Waals surface area contributed by atoms with Crippen LogP contribution in [0.25, 0.3) is 32.3 Å². The van der Waals surface area contributed by atoms with Crippen molar-refractivity contribution in [3.05, 3.63) is 179 Å². The predicted octanol–water partition coefficient (Wildman–Crippen LogP) is 8.84. The smallest absolute Gasteiger partial charge is 0.193 e. The fourth-order valence-corrected chi connectivity index (χ4v) is 5.51. The summed E-state index contributed by atoms with van der Waals surface area (Å²) < 4.78 is 0. The third kappa shape index (κ3) is 4.67. The molecule has 0 heterocycles. The summed E-state index contributed by atoms with van der Waals surface area (Å²) in [4.78, 5) is 41.5. The number of rotatable bonds is 6. The van der Waals surface area contributed by atoms with Crippen LogP contribution in [0.5, 0.6) is 0 Å². The van der Waals surface area contributed by atoms with Crippen LogP contribution in [0.1, 0.15) is 47.8 Å². The van der Waals surface area contributed by atoms with E-state index in [0.29, 0.717) is 33.4 Å². The summed E-state index contributed by atoms with van der Waals surface area (Å²) >= 11 is 0. The van der Waals surface area contributed by atoms with E-state index in [4.69, 9.17) is 0 Å². The molecule has 0 fully saturated rings. The van der Waals surface area contributed by atoms with E-state index in [1.807, 2.05) is 109 Å². The van der Waals surface area contributed by atoms with Gasteiger partial charge in [0.05, 0.1) is 0 Å². The Morgan fingerprint density at radius 1 is 0.262 bits per heavy atom. The molecule has 0 atom stereocenters. The van der Waals surface area contributed by atoms with Gasteiger partial charge in [0.2, 0.25) is 0 Å². The number of carbonyl (C=O) groups is 3. The summed E-state index contributed by atoms with van der Waals surface area (Å²) in [6, 6.07) is 44.9. The van der Waals surface area contributed by atoms with Crippen molar-refractivity contribution in [2.75, 3.05) is 0 Å². The molecule has 0 saturated heterocycles. The Labute approximate surface area is 242 Å². The van der Waals surface area contributed by atoms with Crippen molar-refractivity contribution in [2.24, 2.45) is 0 Å². The summed E-state index contributed by atoms with van der Waals surface area (Å²) in [5.41, 5.74) is 2.36. The molecule has 0 amide bonds. The van der Waals surface area contributed by atoms with Gasteiger partial charge in [-0.15, -0.1) is 0 Å². The van der Waals surface area contributed by atoms with Gasteiger partial charge < -0.3 is 0 Å². The van der Waals surface area contributed by atoms with E-state index in [1.165, 1.54) is 0 Å². The van der Waals surface area contributed by atoms with Crippen molar-refractivity contribution < 1.29 is 14.4 Å². The van der Waals surface area contributed by atoms with E-state index < -0.39 is 0 Å². The van der Waals surface area contributed by atoms with Crippen LogP contribution in [-0.4, -0.2) is 17.3 Å². The average molecular weight is 541 g/mol. The number of hydrogen-bond donors (Lipinski definition) is 0. The maximum atomic E-state index is 13.8. The van der Waals surface area contributed by atoms with Crippen LogP contribution in [0.4, 0.5) is 0 Å². The normalized spacial score (nSPS) is 11.1. The van der Waals surface area contributed by atoms with Crippen LogP contribution >= 0.6 is 0 Å². The fourth-order valence-electron chi connectivity index (χ4n) is 5.51. The zero-order valence-electron chi connectivity index (χ0n) is 22.6. The van der Waals surface area contributed by atoms with Crippen LogP contribution in [-0.2, 0) is 0 Å². The van der Waals surface area contributed by atoms with E-state index in [-0.39, 0.29) is 17.3 Å². The summed E-state index contributed by atoms with van der Waals surface area (Å²) in [7, 11) is 0. The highest BCUT2D eigenvalue weighted by molar-refractivity contribution is 6.18. The molecule has 0 bridgehead atoms. The monoisotopic (exact) mass is 540 g/mol. The largest absolute Gasteiger partial charge is 0.289 e. The van der Waals surface area contributed by atoms with Gasteiger partial charge in [0.25, 0.3) is 0 Å². The molecule has 0 unspecified atom stereocenters. The molecular weight excluding hydrogens is 516 g/mol. The molecule has 0 N–H and O–H groups in total. The molecule has 3 nitrogen and oxygen atoms in total. The van der Waals surface area contributed by atoms with Gasteiger partial charge in [-0.3, -0.25) is 14.4 Å². The first-order valence-electron chi connectivity index (χ1n) is 13.8. The summed E-state index contributed by atoms with van der Waals surface area (Å²) in [6.45, 7) is 0. The number of benzene rings is 7. The molecule has 0 aliphatic heterocycles. The number of fused-ring (bicyclic) bond motifs is 3. The Hall–Kier alpha value is -5.67. The minimum Gasteiger partial charge on any atom is -0.289 e. The zero-order chi connectivity index (χ0) is 28.6. The molecule has 198 valence electrons. The number of hydrogen-bond acceptors (Lipinski definition) is 3. The highest BCUT2D eigenvalue weighted by Gasteiger charge is 2.20. The van der Waals surface area contributed by atoms with Crippen LogP contribution < -0.4 is 0 Å². The Balaban J connectivity index is 1.35. The highest BCUT2D eigenvalue weighted by atomic mass is 16.1. The lowest BCUT2D eigenvalue weighted by Crippen LogP contribution is -2.10. The average Bonchev–Trinajstić information content (AvgIpc) is 3.06. The lowest BCUT2D eigenvalue weighted by Gasteiger charge is -2.11. The van der Waals surface area contributed by atoms with Gasteiger partial charge in [-0.2, -0.15) is 0 Å². The van der Waals surface area contributed by atoms with Crippen LogP contribution in [0.3, 0.4) is 0 Å². The summed E-state index contributed by atoms with van der Waals surface area (Å²) in [5, 5.41) is 5.92. The van der Waals surface area contributed by atoms with Crippen LogP contribution in [0.2, 0.25) is 0 Å². The summed E-state index contributed by atoms with van der Waals surface area (Å²) in [5.74, 6) is -0.746. The second kappa shape index (κ2) is 10.4. The van der Waals surface area contributed by atoms with E-state index in [1.54, 1.807) is 36.4 Å². The Kier molecular flexibility index (Phi) is 6.26. The van der Waals surface area contributed by atoms with Crippen LogP contribution in [0.15, 0.2) is 146 Å². The van der Waals surface area contributed by atoms with Gasteiger partial charge in [-0.25, -0.2) is 0 Å². The molecule has 7 aromatic rings. The molecular formula is C39H24O3. The summed E-state index contributed by atoms with van der Waals surface area (Å²) in [6.07, 6.45) is 0. The quantitative estimate of drug-likeness (QED) is 0.198. The minimum atomic E-state index is -0.249. The van der Waals surface area contributed by atoms with E-state index in [9.17, 15) is 14.4 Å². The molecule has 0 aliphatic rings. The molecule has 42 heavy (non-hydrogen) atoms. The molecule has 7 rings (SSSR count). The lowest BCUT2D eigenvalue weighted by atomic mass is 9.91. The maximum Gasteiger partial charge on any atom is 0.193 e. The predicted molar refractivity (Wildman–Crippen MR) is 169 cm³/mol.